The van der Waals surface area contributed by atoms with Gasteiger partial charge in [-0.25, -0.2) is 21.6 Å². The Hall–Kier alpha value is -2.59. The molecule has 0 saturated carbocycles. The molecule has 0 fully saturated rings. The molecule has 1 heterocycles. The average molecular weight is 482 g/mol. The van der Waals surface area contributed by atoms with Crippen molar-refractivity contribution in [2.24, 2.45) is 0 Å². The number of hydrogen-bond acceptors (Lipinski definition) is 7. The largest absolute Gasteiger partial charge is 0.493 e. The molecule has 0 radical (unpaired) electrons. The molecule has 1 amide bonds. The van der Waals surface area contributed by atoms with E-state index in [-0.39, 0.29) is 22.0 Å². The molecule has 0 bridgehead atoms. The number of carbonyl (C=O) groups is 1. The Morgan fingerprint density at radius 2 is 1.81 bits per heavy atom. The molecule has 0 aromatic heterocycles. The van der Waals surface area contributed by atoms with Gasteiger partial charge in [0.05, 0.1) is 22.2 Å². The molecule has 8 nitrogen and oxygen atoms in total. The number of rotatable bonds is 7. The zero-order valence-electron chi connectivity index (χ0n) is 18.2. The first-order chi connectivity index (χ1) is 14.9. The normalized spacial score (nSPS) is 17.4. The third-order valence-electron chi connectivity index (χ3n) is 4.74. The predicted octanol–water partition coefficient (Wildman–Crippen LogP) is 3.28. The van der Waals surface area contributed by atoms with Crippen LogP contribution in [0.15, 0.2) is 58.3 Å². The molecule has 1 N–H and O–H groups in total. The van der Waals surface area contributed by atoms with Gasteiger partial charge in [-0.1, -0.05) is 24.3 Å². The summed E-state index contributed by atoms with van der Waals surface area (Å²) in [5.41, 5.74) is -0.324. The van der Waals surface area contributed by atoms with Crippen LogP contribution in [0.2, 0.25) is 0 Å². The summed E-state index contributed by atoms with van der Waals surface area (Å²) in [6.45, 7) is 5.88. The third kappa shape index (κ3) is 5.60. The minimum absolute atomic E-state index is 0.0219. The SMILES string of the molecule is CC(C)(C)OC(=O)NCCCOc1ccc2c(c1)S(=O)(=O)CC2S(=O)(=O)c1ccccc1. The molecule has 174 valence electrons. The monoisotopic (exact) mass is 481 g/mol. The summed E-state index contributed by atoms with van der Waals surface area (Å²) >= 11 is 0. The van der Waals surface area contributed by atoms with E-state index in [2.05, 4.69) is 5.32 Å². The van der Waals surface area contributed by atoms with E-state index in [1.54, 1.807) is 45.0 Å². The summed E-state index contributed by atoms with van der Waals surface area (Å²) in [5, 5.41) is 1.46. The van der Waals surface area contributed by atoms with Crippen LogP contribution in [-0.4, -0.2) is 47.4 Å². The Bertz CT molecular complexity index is 1180. The highest BCUT2D eigenvalue weighted by atomic mass is 32.2. The van der Waals surface area contributed by atoms with Gasteiger partial charge in [0.2, 0.25) is 0 Å². The summed E-state index contributed by atoms with van der Waals surface area (Å²) < 4.78 is 62.1. The smallest absolute Gasteiger partial charge is 0.407 e. The van der Waals surface area contributed by atoms with Gasteiger partial charge in [0, 0.05) is 6.54 Å². The molecule has 1 aliphatic rings. The number of alkyl carbamates (subject to hydrolysis) is 1. The Balaban J connectivity index is 1.65. The van der Waals surface area contributed by atoms with Crippen molar-refractivity contribution in [3.8, 4) is 5.75 Å². The molecule has 2 aromatic rings. The van der Waals surface area contributed by atoms with E-state index in [1.165, 1.54) is 24.3 Å². The first-order valence-corrected chi connectivity index (χ1v) is 13.4. The highest BCUT2D eigenvalue weighted by Gasteiger charge is 2.43. The lowest BCUT2D eigenvalue weighted by atomic mass is 10.1. The van der Waals surface area contributed by atoms with Gasteiger partial charge in [-0.3, -0.25) is 0 Å². The van der Waals surface area contributed by atoms with E-state index in [9.17, 15) is 21.6 Å². The summed E-state index contributed by atoms with van der Waals surface area (Å²) in [4.78, 5) is 11.7. The third-order valence-corrected chi connectivity index (χ3v) is 8.85. The van der Waals surface area contributed by atoms with Crippen molar-refractivity contribution in [3.63, 3.8) is 0 Å². The molecular weight excluding hydrogens is 454 g/mol. The van der Waals surface area contributed by atoms with E-state index < -0.39 is 42.4 Å². The van der Waals surface area contributed by atoms with Gasteiger partial charge in [-0.15, -0.1) is 0 Å². The van der Waals surface area contributed by atoms with Gasteiger partial charge in [0.25, 0.3) is 0 Å². The number of amides is 1. The highest BCUT2D eigenvalue weighted by Crippen LogP contribution is 2.42. The van der Waals surface area contributed by atoms with Crippen molar-refractivity contribution < 1.29 is 31.1 Å². The first-order valence-electron chi connectivity index (χ1n) is 10.2. The topological polar surface area (TPSA) is 116 Å². The minimum atomic E-state index is -3.85. The maximum Gasteiger partial charge on any atom is 0.407 e. The van der Waals surface area contributed by atoms with Crippen LogP contribution in [0.3, 0.4) is 0 Å². The fraction of sp³-hybridized carbons (Fsp3) is 0.409. The van der Waals surface area contributed by atoms with Gasteiger partial charge < -0.3 is 14.8 Å². The van der Waals surface area contributed by atoms with Crippen molar-refractivity contribution in [2.75, 3.05) is 18.9 Å². The van der Waals surface area contributed by atoms with Gasteiger partial charge in [-0.2, -0.15) is 0 Å². The van der Waals surface area contributed by atoms with Crippen molar-refractivity contribution in [3.05, 3.63) is 54.1 Å². The molecule has 3 rings (SSSR count). The summed E-state index contributed by atoms with van der Waals surface area (Å²) in [6, 6.07) is 12.3. The van der Waals surface area contributed by atoms with Crippen LogP contribution in [0.4, 0.5) is 4.79 Å². The van der Waals surface area contributed by atoms with E-state index in [0.29, 0.717) is 18.7 Å². The minimum Gasteiger partial charge on any atom is -0.493 e. The lowest BCUT2D eigenvalue weighted by Gasteiger charge is -2.19. The molecule has 0 spiro atoms. The standard InChI is InChI=1S/C22H27NO7S2/c1-22(2,3)30-21(24)23-12-7-13-29-16-10-11-18-19(14-16)31(25,26)15-20(18)32(27,28)17-8-5-4-6-9-17/h4-6,8-11,14,20H,7,12-13,15H2,1-3H3,(H,23,24). The Kier molecular flexibility index (Phi) is 6.85. The second-order valence-electron chi connectivity index (χ2n) is 8.46. The van der Waals surface area contributed by atoms with Crippen LogP contribution < -0.4 is 10.1 Å². The van der Waals surface area contributed by atoms with Crippen molar-refractivity contribution >= 4 is 25.8 Å². The van der Waals surface area contributed by atoms with E-state index in [4.69, 9.17) is 9.47 Å². The number of ether oxygens (including phenoxy) is 2. The van der Waals surface area contributed by atoms with Crippen molar-refractivity contribution in [1.82, 2.24) is 5.32 Å². The van der Waals surface area contributed by atoms with Crippen LogP contribution in [0, 0.1) is 0 Å². The first kappa shape index (κ1) is 24.1. The molecule has 0 saturated heterocycles. The van der Waals surface area contributed by atoms with Crippen LogP contribution in [0.1, 0.15) is 38.0 Å². The molecule has 1 aliphatic heterocycles. The number of nitrogens with one attached hydrogen (secondary N) is 1. The van der Waals surface area contributed by atoms with Crippen LogP contribution in [-0.2, 0) is 24.4 Å². The van der Waals surface area contributed by atoms with Crippen LogP contribution >= 0.6 is 0 Å². The summed E-state index contributed by atoms with van der Waals surface area (Å²) in [5.74, 6) is -0.176. The van der Waals surface area contributed by atoms with Crippen LogP contribution in [0.25, 0.3) is 0 Å². The highest BCUT2D eigenvalue weighted by molar-refractivity contribution is 7.96. The molecule has 32 heavy (non-hydrogen) atoms. The fourth-order valence-corrected chi connectivity index (χ4v) is 7.67. The zero-order valence-corrected chi connectivity index (χ0v) is 19.8. The molecule has 10 heteroatoms. The fourth-order valence-electron chi connectivity index (χ4n) is 3.32. The molecular formula is C22H27NO7S2. The maximum absolute atomic E-state index is 13.0. The molecule has 1 atom stereocenters. The molecule has 2 aromatic carbocycles. The summed E-state index contributed by atoms with van der Waals surface area (Å²) in [6.07, 6.45) is -0.0412. The van der Waals surface area contributed by atoms with E-state index in [1.807, 2.05) is 0 Å². The average Bonchev–Trinajstić information content (AvgIpc) is 2.98. The predicted molar refractivity (Wildman–Crippen MR) is 119 cm³/mol. The van der Waals surface area contributed by atoms with E-state index >= 15 is 0 Å². The second kappa shape index (κ2) is 9.11. The summed E-state index contributed by atoms with van der Waals surface area (Å²) in [7, 11) is -7.62. The van der Waals surface area contributed by atoms with E-state index in [0.717, 1.165) is 0 Å². The van der Waals surface area contributed by atoms with Crippen molar-refractivity contribution in [2.45, 2.75) is 47.8 Å². The van der Waals surface area contributed by atoms with Gasteiger partial charge in [-0.05, 0) is 57.0 Å². The molecule has 1 unspecified atom stereocenters. The van der Waals surface area contributed by atoms with Crippen molar-refractivity contribution in [1.29, 1.82) is 0 Å². The Morgan fingerprint density at radius 1 is 1.12 bits per heavy atom. The number of benzene rings is 2. The number of hydrogen-bond donors (Lipinski definition) is 1. The number of fused-ring (bicyclic) bond motifs is 1. The number of carbonyl (C=O) groups excluding carboxylic acids is 1. The Morgan fingerprint density at radius 3 is 2.47 bits per heavy atom. The quantitative estimate of drug-likeness (QED) is 0.603. The number of sulfone groups is 2. The molecule has 0 aliphatic carbocycles. The lowest BCUT2D eigenvalue weighted by Crippen LogP contribution is -2.33. The van der Waals surface area contributed by atoms with Gasteiger partial charge in [0.15, 0.2) is 19.7 Å². The second-order valence-corrected chi connectivity index (χ2v) is 12.6. The van der Waals surface area contributed by atoms with Gasteiger partial charge >= 0.3 is 6.09 Å². The maximum atomic E-state index is 13.0. The Labute approximate surface area is 188 Å². The van der Waals surface area contributed by atoms with Crippen LogP contribution in [0.5, 0.6) is 5.75 Å². The zero-order chi connectivity index (χ0) is 23.6. The lowest BCUT2D eigenvalue weighted by molar-refractivity contribution is 0.0525. The van der Waals surface area contributed by atoms with Gasteiger partial charge in [0.1, 0.15) is 16.6 Å².